The molecular weight excluding hydrogens is 446 g/mol. The quantitative estimate of drug-likeness (QED) is 0.363. The first-order valence-electron chi connectivity index (χ1n) is 10.8. The van der Waals surface area contributed by atoms with Gasteiger partial charge in [-0.15, -0.1) is 10.2 Å². The number of rotatable bonds is 7. The highest BCUT2D eigenvalue weighted by molar-refractivity contribution is 7.99. The fourth-order valence-electron chi connectivity index (χ4n) is 3.46. The first-order chi connectivity index (χ1) is 16.4. The number of hydrogen-bond acceptors (Lipinski definition) is 5. The number of carbonyl (C=O) groups is 2. The summed E-state index contributed by atoms with van der Waals surface area (Å²) in [4.78, 5) is 25.6. The number of aromatic nitrogens is 3. The van der Waals surface area contributed by atoms with Crippen LogP contribution in [0.2, 0.25) is 0 Å². The second-order valence-electron chi connectivity index (χ2n) is 7.91. The molecule has 0 saturated heterocycles. The van der Waals surface area contributed by atoms with Gasteiger partial charge in [0.1, 0.15) is 5.82 Å². The van der Waals surface area contributed by atoms with Gasteiger partial charge in [-0.05, 0) is 62.7 Å². The van der Waals surface area contributed by atoms with E-state index in [0.29, 0.717) is 22.1 Å². The molecular formula is C26H25N5O2S. The molecule has 1 heterocycles. The third-order valence-corrected chi connectivity index (χ3v) is 6.07. The zero-order valence-corrected chi connectivity index (χ0v) is 20.0. The maximum absolute atomic E-state index is 12.8. The van der Waals surface area contributed by atoms with Crippen molar-refractivity contribution in [2.24, 2.45) is 0 Å². The minimum absolute atomic E-state index is 0.123. The van der Waals surface area contributed by atoms with Crippen molar-refractivity contribution < 1.29 is 9.59 Å². The van der Waals surface area contributed by atoms with Gasteiger partial charge >= 0.3 is 0 Å². The fraction of sp³-hybridized carbons (Fsp3) is 0.154. The molecule has 0 saturated carbocycles. The van der Waals surface area contributed by atoms with E-state index < -0.39 is 0 Å². The fourth-order valence-corrected chi connectivity index (χ4v) is 4.25. The summed E-state index contributed by atoms with van der Waals surface area (Å²) < 4.78 is 1.92. The first kappa shape index (κ1) is 23.3. The second-order valence-corrected chi connectivity index (χ2v) is 8.85. The molecule has 1 aromatic heterocycles. The largest absolute Gasteiger partial charge is 0.325 e. The summed E-state index contributed by atoms with van der Waals surface area (Å²) in [6, 6.07) is 22.6. The van der Waals surface area contributed by atoms with Gasteiger partial charge in [0.05, 0.1) is 17.0 Å². The summed E-state index contributed by atoms with van der Waals surface area (Å²) in [5, 5.41) is 14.8. The Kier molecular flexibility index (Phi) is 7.08. The van der Waals surface area contributed by atoms with Gasteiger partial charge in [-0.2, -0.15) is 0 Å². The standard InChI is InChI=1S/C26H25N5O2S/c1-17-11-13-21(14-12-17)31-19(3)29-30-26(31)34-16-24(32)28-23-10-5-4-9-22(23)25(33)27-20-8-6-7-18(2)15-20/h4-15H,16H2,1-3H3,(H,27,33)(H,28,32). The number of thioether (sulfide) groups is 1. The van der Waals surface area contributed by atoms with Crippen LogP contribution in [0.4, 0.5) is 11.4 Å². The van der Waals surface area contributed by atoms with Crippen LogP contribution in [0.25, 0.3) is 5.69 Å². The van der Waals surface area contributed by atoms with E-state index in [4.69, 9.17) is 0 Å². The Morgan fingerprint density at radius 3 is 2.38 bits per heavy atom. The molecule has 0 spiro atoms. The number of nitrogens with one attached hydrogen (secondary N) is 2. The second kappa shape index (κ2) is 10.4. The molecule has 0 unspecified atom stereocenters. The van der Waals surface area contributed by atoms with Gasteiger partial charge in [0.25, 0.3) is 5.91 Å². The number of nitrogens with zero attached hydrogens (tertiary/aromatic N) is 3. The van der Waals surface area contributed by atoms with Crippen molar-refractivity contribution in [3.8, 4) is 5.69 Å². The van der Waals surface area contributed by atoms with E-state index in [-0.39, 0.29) is 17.6 Å². The lowest BCUT2D eigenvalue weighted by Gasteiger charge is -2.12. The number of carbonyl (C=O) groups excluding carboxylic acids is 2. The van der Waals surface area contributed by atoms with E-state index in [1.54, 1.807) is 24.3 Å². The maximum atomic E-state index is 12.8. The van der Waals surface area contributed by atoms with Crippen molar-refractivity contribution in [3.63, 3.8) is 0 Å². The average Bonchev–Trinajstić information content (AvgIpc) is 3.19. The highest BCUT2D eigenvalue weighted by Crippen LogP contribution is 2.23. The molecule has 4 aromatic rings. The van der Waals surface area contributed by atoms with Gasteiger partial charge in [0, 0.05) is 11.4 Å². The van der Waals surface area contributed by atoms with Crippen molar-refractivity contribution in [2.75, 3.05) is 16.4 Å². The molecule has 0 radical (unpaired) electrons. The molecule has 0 atom stereocenters. The Labute approximate surface area is 202 Å². The summed E-state index contributed by atoms with van der Waals surface area (Å²) >= 11 is 1.29. The van der Waals surface area contributed by atoms with Gasteiger partial charge in [-0.1, -0.05) is 53.7 Å². The number of aryl methyl sites for hydroxylation is 3. The number of para-hydroxylation sites is 1. The molecule has 34 heavy (non-hydrogen) atoms. The van der Waals surface area contributed by atoms with Crippen LogP contribution in [0.1, 0.15) is 27.3 Å². The van der Waals surface area contributed by atoms with Crippen molar-refractivity contribution >= 4 is 35.0 Å². The van der Waals surface area contributed by atoms with Crippen LogP contribution in [-0.4, -0.2) is 32.3 Å². The predicted octanol–water partition coefficient (Wildman–Crippen LogP) is 5.18. The summed E-state index contributed by atoms with van der Waals surface area (Å²) in [5.74, 6) is 0.336. The molecule has 3 aromatic carbocycles. The molecule has 4 rings (SSSR count). The van der Waals surface area contributed by atoms with Gasteiger partial charge < -0.3 is 10.6 Å². The van der Waals surface area contributed by atoms with Gasteiger partial charge in [-0.25, -0.2) is 0 Å². The molecule has 0 bridgehead atoms. The van der Waals surface area contributed by atoms with Gasteiger partial charge in [0.15, 0.2) is 5.16 Å². The van der Waals surface area contributed by atoms with Crippen molar-refractivity contribution in [1.82, 2.24) is 14.8 Å². The highest BCUT2D eigenvalue weighted by Gasteiger charge is 2.16. The Morgan fingerprint density at radius 1 is 0.853 bits per heavy atom. The van der Waals surface area contributed by atoms with Crippen LogP contribution in [-0.2, 0) is 4.79 Å². The van der Waals surface area contributed by atoms with E-state index in [1.165, 1.54) is 11.8 Å². The summed E-state index contributed by atoms with van der Waals surface area (Å²) in [6.07, 6.45) is 0. The minimum Gasteiger partial charge on any atom is -0.325 e. The van der Waals surface area contributed by atoms with Crippen LogP contribution >= 0.6 is 11.8 Å². The Hall–Kier alpha value is -3.91. The number of anilines is 2. The zero-order valence-electron chi connectivity index (χ0n) is 19.2. The summed E-state index contributed by atoms with van der Waals surface area (Å²) in [7, 11) is 0. The Balaban J connectivity index is 1.44. The highest BCUT2D eigenvalue weighted by atomic mass is 32.2. The van der Waals surface area contributed by atoms with Crippen LogP contribution in [0, 0.1) is 20.8 Å². The van der Waals surface area contributed by atoms with Crippen molar-refractivity contribution in [1.29, 1.82) is 0 Å². The van der Waals surface area contributed by atoms with Crippen LogP contribution < -0.4 is 10.6 Å². The monoisotopic (exact) mass is 471 g/mol. The minimum atomic E-state index is -0.288. The topological polar surface area (TPSA) is 88.9 Å². The molecule has 0 fully saturated rings. The Morgan fingerprint density at radius 2 is 1.62 bits per heavy atom. The van der Waals surface area contributed by atoms with Crippen LogP contribution in [0.5, 0.6) is 0 Å². The summed E-state index contributed by atoms with van der Waals surface area (Å²) in [6.45, 7) is 5.87. The van der Waals surface area contributed by atoms with Crippen molar-refractivity contribution in [2.45, 2.75) is 25.9 Å². The van der Waals surface area contributed by atoms with E-state index in [2.05, 4.69) is 20.8 Å². The predicted molar refractivity (Wildman–Crippen MR) is 136 cm³/mol. The molecule has 0 aliphatic carbocycles. The lowest BCUT2D eigenvalue weighted by atomic mass is 10.1. The molecule has 172 valence electrons. The SMILES string of the molecule is Cc1ccc(-n2c(C)nnc2SCC(=O)Nc2ccccc2C(=O)Nc2cccc(C)c2)cc1. The third-order valence-electron chi connectivity index (χ3n) is 5.14. The van der Waals surface area contributed by atoms with Crippen LogP contribution in [0.15, 0.2) is 78.0 Å². The first-order valence-corrected chi connectivity index (χ1v) is 11.8. The van der Waals surface area contributed by atoms with Gasteiger partial charge in [0.2, 0.25) is 5.91 Å². The smallest absolute Gasteiger partial charge is 0.257 e. The average molecular weight is 472 g/mol. The van der Waals surface area contributed by atoms with Gasteiger partial charge in [-0.3, -0.25) is 14.2 Å². The maximum Gasteiger partial charge on any atom is 0.257 e. The third kappa shape index (κ3) is 5.52. The molecule has 0 aliphatic heterocycles. The molecule has 0 aliphatic rings. The zero-order chi connectivity index (χ0) is 24.1. The molecule has 2 amide bonds. The number of benzene rings is 3. The normalized spacial score (nSPS) is 10.7. The number of hydrogen-bond donors (Lipinski definition) is 2. The lowest BCUT2D eigenvalue weighted by molar-refractivity contribution is -0.113. The molecule has 2 N–H and O–H groups in total. The van der Waals surface area contributed by atoms with Crippen molar-refractivity contribution in [3.05, 3.63) is 95.3 Å². The summed E-state index contributed by atoms with van der Waals surface area (Å²) in [5.41, 5.74) is 4.69. The molecule has 7 nitrogen and oxygen atoms in total. The molecule has 8 heteroatoms. The van der Waals surface area contributed by atoms with E-state index in [9.17, 15) is 9.59 Å². The van der Waals surface area contributed by atoms with E-state index >= 15 is 0 Å². The number of amides is 2. The van der Waals surface area contributed by atoms with E-state index in [1.807, 2.05) is 73.9 Å². The lowest BCUT2D eigenvalue weighted by Crippen LogP contribution is -2.19. The van der Waals surface area contributed by atoms with E-state index in [0.717, 1.165) is 22.6 Å². The van der Waals surface area contributed by atoms with Crippen LogP contribution in [0.3, 0.4) is 0 Å². The Bertz CT molecular complexity index is 1330.